The maximum atomic E-state index is 2.48. The molecule has 1 aliphatic rings. The van der Waals surface area contributed by atoms with E-state index >= 15 is 0 Å². The summed E-state index contributed by atoms with van der Waals surface area (Å²) in [5.74, 6) is 2.82. The van der Waals surface area contributed by atoms with E-state index in [1.54, 1.807) is 0 Å². The molecule has 4 unspecified atom stereocenters. The van der Waals surface area contributed by atoms with Crippen LogP contribution in [0, 0.1) is 23.2 Å². The van der Waals surface area contributed by atoms with Crippen LogP contribution in [0.15, 0.2) is 0 Å². The number of hydrogen-bond acceptors (Lipinski definition) is 0. The third-order valence-electron chi connectivity index (χ3n) is 4.83. The fourth-order valence-corrected chi connectivity index (χ4v) is 3.53. The lowest BCUT2D eigenvalue weighted by molar-refractivity contribution is 0.164. The van der Waals surface area contributed by atoms with Crippen molar-refractivity contribution in [1.29, 1.82) is 0 Å². The highest BCUT2D eigenvalue weighted by molar-refractivity contribution is 4.94. The zero-order valence-corrected chi connectivity index (χ0v) is 10.1. The van der Waals surface area contributed by atoms with E-state index < -0.39 is 0 Å². The molecule has 0 amide bonds. The molecule has 0 heterocycles. The van der Waals surface area contributed by atoms with Crippen molar-refractivity contribution in [3.8, 4) is 0 Å². The first kappa shape index (κ1) is 11.1. The summed E-state index contributed by atoms with van der Waals surface area (Å²) in [5.41, 5.74) is 0.688. The second-order valence-corrected chi connectivity index (χ2v) is 5.30. The normalized spacial score (nSPS) is 45.5. The van der Waals surface area contributed by atoms with E-state index in [4.69, 9.17) is 0 Å². The zero-order chi connectivity index (χ0) is 10.1. The van der Waals surface area contributed by atoms with Crippen LogP contribution >= 0.6 is 0 Å². The molecule has 0 nitrogen and oxygen atoms in total. The van der Waals surface area contributed by atoms with Crippen LogP contribution in [0.5, 0.6) is 0 Å². The fraction of sp³-hybridized carbons (Fsp3) is 1.00. The van der Waals surface area contributed by atoms with E-state index in [0.29, 0.717) is 5.41 Å². The molecule has 13 heavy (non-hydrogen) atoms. The van der Waals surface area contributed by atoms with E-state index in [2.05, 4.69) is 34.6 Å². The summed E-state index contributed by atoms with van der Waals surface area (Å²) >= 11 is 0. The zero-order valence-electron chi connectivity index (χ0n) is 10.1. The predicted octanol–water partition coefficient (Wildman–Crippen LogP) is 4.49. The summed E-state index contributed by atoms with van der Waals surface area (Å²) in [5, 5.41) is 0. The number of rotatable bonds is 3. The van der Waals surface area contributed by atoms with Crippen LogP contribution in [0.25, 0.3) is 0 Å². The fourth-order valence-electron chi connectivity index (χ4n) is 3.53. The van der Waals surface area contributed by atoms with Gasteiger partial charge in [0.15, 0.2) is 0 Å². The first-order valence-corrected chi connectivity index (χ1v) is 6.07. The Balaban J connectivity index is 2.76. The van der Waals surface area contributed by atoms with Crippen LogP contribution in [0.2, 0.25) is 0 Å². The molecule has 0 aromatic carbocycles. The van der Waals surface area contributed by atoms with Gasteiger partial charge in [-0.25, -0.2) is 0 Å². The highest BCUT2D eigenvalue weighted by Gasteiger charge is 2.45. The van der Waals surface area contributed by atoms with Gasteiger partial charge in [0.05, 0.1) is 0 Å². The van der Waals surface area contributed by atoms with Crippen LogP contribution in [0.4, 0.5) is 0 Å². The quantitative estimate of drug-likeness (QED) is 0.603. The minimum atomic E-state index is 0.688. The second-order valence-electron chi connectivity index (χ2n) is 5.30. The highest BCUT2D eigenvalue weighted by atomic mass is 14.5. The summed E-state index contributed by atoms with van der Waals surface area (Å²) in [7, 11) is 0. The van der Waals surface area contributed by atoms with Gasteiger partial charge in [0.25, 0.3) is 0 Å². The first-order valence-electron chi connectivity index (χ1n) is 6.07. The Kier molecular flexibility index (Phi) is 3.43. The van der Waals surface area contributed by atoms with E-state index in [9.17, 15) is 0 Å². The maximum absolute atomic E-state index is 2.48. The molecular weight excluding hydrogens is 156 g/mol. The molecule has 1 fully saturated rings. The molecule has 1 saturated carbocycles. The Hall–Kier alpha value is 0. The van der Waals surface area contributed by atoms with Crippen molar-refractivity contribution in [2.45, 2.75) is 60.3 Å². The van der Waals surface area contributed by atoms with Crippen molar-refractivity contribution >= 4 is 0 Å². The van der Waals surface area contributed by atoms with Gasteiger partial charge < -0.3 is 0 Å². The van der Waals surface area contributed by atoms with Gasteiger partial charge in [0.1, 0.15) is 0 Å². The Morgan fingerprint density at radius 2 is 1.77 bits per heavy atom. The molecule has 0 heteroatoms. The maximum Gasteiger partial charge on any atom is -0.0269 e. The van der Waals surface area contributed by atoms with Crippen LogP contribution in [0.1, 0.15) is 60.3 Å². The summed E-state index contributed by atoms with van der Waals surface area (Å²) in [6, 6.07) is 0. The molecule has 0 radical (unpaired) electrons. The van der Waals surface area contributed by atoms with Gasteiger partial charge >= 0.3 is 0 Å². The molecule has 4 atom stereocenters. The molecular formula is C13H26. The highest BCUT2D eigenvalue weighted by Crippen LogP contribution is 2.54. The van der Waals surface area contributed by atoms with Gasteiger partial charge in [-0.2, -0.15) is 0 Å². The van der Waals surface area contributed by atoms with Crippen molar-refractivity contribution in [3.63, 3.8) is 0 Å². The Morgan fingerprint density at radius 3 is 2.08 bits per heavy atom. The van der Waals surface area contributed by atoms with Crippen molar-refractivity contribution in [1.82, 2.24) is 0 Å². The Bertz CT molecular complexity index is 161. The minimum Gasteiger partial charge on any atom is -0.0654 e. The van der Waals surface area contributed by atoms with Gasteiger partial charge in [0, 0.05) is 0 Å². The van der Waals surface area contributed by atoms with E-state index in [1.165, 1.54) is 25.7 Å². The summed E-state index contributed by atoms with van der Waals surface area (Å²) in [6.07, 6.45) is 5.66. The molecule has 0 aliphatic heterocycles. The molecule has 0 N–H and O–H groups in total. The molecule has 0 aromatic rings. The van der Waals surface area contributed by atoms with Crippen LogP contribution in [-0.2, 0) is 0 Å². The van der Waals surface area contributed by atoms with Gasteiger partial charge in [-0.3, -0.25) is 0 Å². The van der Waals surface area contributed by atoms with Gasteiger partial charge in [0.2, 0.25) is 0 Å². The van der Waals surface area contributed by atoms with Crippen molar-refractivity contribution in [2.24, 2.45) is 23.2 Å². The molecule has 0 bridgehead atoms. The van der Waals surface area contributed by atoms with Crippen molar-refractivity contribution < 1.29 is 0 Å². The Morgan fingerprint density at radius 1 is 1.15 bits per heavy atom. The summed E-state index contributed by atoms with van der Waals surface area (Å²) in [4.78, 5) is 0. The molecule has 78 valence electrons. The molecule has 1 rings (SSSR count). The van der Waals surface area contributed by atoms with Crippen LogP contribution < -0.4 is 0 Å². The lowest BCUT2D eigenvalue weighted by Gasteiger charge is -2.33. The Labute approximate surface area is 84.1 Å². The lowest BCUT2D eigenvalue weighted by Crippen LogP contribution is -2.24. The average Bonchev–Trinajstić information content (AvgIpc) is 2.32. The van der Waals surface area contributed by atoms with E-state index in [0.717, 1.165) is 17.8 Å². The average molecular weight is 182 g/mol. The summed E-state index contributed by atoms with van der Waals surface area (Å²) in [6.45, 7) is 12.1. The first-order chi connectivity index (χ1) is 6.07. The largest absolute Gasteiger partial charge is 0.0654 e. The predicted molar refractivity (Wildman–Crippen MR) is 59.7 cm³/mol. The molecule has 1 aliphatic carbocycles. The third kappa shape index (κ3) is 1.78. The van der Waals surface area contributed by atoms with Crippen molar-refractivity contribution in [3.05, 3.63) is 0 Å². The standard InChI is InChI=1S/C13H26/c1-6-8-13(7-2)9-10(3)11(4)12(13)5/h10-12H,6-9H2,1-5H3. The van der Waals surface area contributed by atoms with E-state index in [1.807, 2.05) is 0 Å². The second kappa shape index (κ2) is 4.02. The van der Waals surface area contributed by atoms with Gasteiger partial charge in [-0.15, -0.1) is 0 Å². The van der Waals surface area contributed by atoms with Crippen LogP contribution in [-0.4, -0.2) is 0 Å². The summed E-state index contributed by atoms with van der Waals surface area (Å²) < 4.78 is 0. The minimum absolute atomic E-state index is 0.688. The lowest BCUT2D eigenvalue weighted by atomic mass is 9.72. The molecule has 0 aromatic heterocycles. The van der Waals surface area contributed by atoms with E-state index in [-0.39, 0.29) is 0 Å². The SMILES string of the molecule is CCCC1(CC)CC(C)C(C)C1C. The van der Waals surface area contributed by atoms with Gasteiger partial charge in [-0.05, 0) is 36.0 Å². The van der Waals surface area contributed by atoms with Crippen LogP contribution in [0.3, 0.4) is 0 Å². The smallest absolute Gasteiger partial charge is 0.0269 e. The molecule has 0 saturated heterocycles. The third-order valence-corrected chi connectivity index (χ3v) is 4.83. The monoisotopic (exact) mass is 182 g/mol. The van der Waals surface area contributed by atoms with Crippen molar-refractivity contribution in [2.75, 3.05) is 0 Å². The number of hydrogen-bond donors (Lipinski definition) is 0. The van der Waals surface area contributed by atoms with Gasteiger partial charge in [-0.1, -0.05) is 47.5 Å². The topological polar surface area (TPSA) is 0 Å². The molecule has 0 spiro atoms.